The Morgan fingerprint density at radius 1 is 1.35 bits per heavy atom. The van der Waals surface area contributed by atoms with Crippen LogP contribution < -0.4 is 0 Å². The van der Waals surface area contributed by atoms with E-state index in [1.54, 1.807) is 0 Å². The third-order valence-electron chi connectivity index (χ3n) is 4.77. The van der Waals surface area contributed by atoms with Crippen molar-refractivity contribution in [2.75, 3.05) is 19.7 Å². The molecule has 0 amide bonds. The van der Waals surface area contributed by atoms with Gasteiger partial charge < -0.3 is 9.84 Å². The third kappa shape index (κ3) is 2.76. The molecule has 20 heavy (non-hydrogen) atoms. The topological polar surface area (TPSA) is 32.7 Å². The number of nitrogens with zero attached hydrogens (tertiary/aromatic N) is 1. The highest BCUT2D eigenvalue weighted by Gasteiger charge is 2.33. The van der Waals surface area contributed by atoms with E-state index in [1.165, 1.54) is 11.1 Å². The maximum Gasteiger partial charge on any atom is 0.0961 e. The molecule has 3 unspecified atom stereocenters. The van der Waals surface area contributed by atoms with E-state index in [-0.39, 0.29) is 12.2 Å². The molecule has 0 radical (unpaired) electrons. The molecule has 3 rings (SSSR count). The first-order valence-electron chi connectivity index (χ1n) is 7.76. The van der Waals surface area contributed by atoms with E-state index in [1.807, 2.05) is 0 Å². The van der Waals surface area contributed by atoms with Crippen LogP contribution in [0.1, 0.15) is 37.3 Å². The highest BCUT2D eigenvalue weighted by molar-refractivity contribution is 5.39. The highest BCUT2D eigenvalue weighted by Crippen LogP contribution is 2.38. The first kappa shape index (κ1) is 14.1. The number of ether oxygens (including phenoxy) is 1. The van der Waals surface area contributed by atoms with Gasteiger partial charge in [-0.05, 0) is 43.7 Å². The van der Waals surface area contributed by atoms with Gasteiger partial charge in [-0.2, -0.15) is 0 Å². The summed E-state index contributed by atoms with van der Waals surface area (Å²) in [5.41, 5.74) is 2.86. The Balaban J connectivity index is 1.56. The summed E-state index contributed by atoms with van der Waals surface area (Å²) in [4.78, 5) is 2.39. The zero-order chi connectivity index (χ0) is 14.1. The Labute approximate surface area is 121 Å². The van der Waals surface area contributed by atoms with Crippen molar-refractivity contribution in [2.24, 2.45) is 0 Å². The van der Waals surface area contributed by atoms with Crippen molar-refractivity contribution in [3.63, 3.8) is 0 Å². The first-order valence-corrected chi connectivity index (χ1v) is 7.76. The van der Waals surface area contributed by atoms with Gasteiger partial charge in [-0.1, -0.05) is 24.3 Å². The number of hydrogen-bond acceptors (Lipinski definition) is 3. The molecular weight excluding hydrogens is 250 g/mol. The normalized spacial score (nSPS) is 28.0. The second-order valence-electron chi connectivity index (χ2n) is 6.40. The predicted molar refractivity (Wildman–Crippen MR) is 80.0 cm³/mol. The van der Waals surface area contributed by atoms with Crippen molar-refractivity contribution in [1.82, 2.24) is 4.90 Å². The second-order valence-corrected chi connectivity index (χ2v) is 6.40. The molecule has 0 aromatic heterocycles. The van der Waals surface area contributed by atoms with Crippen LogP contribution in [0.2, 0.25) is 0 Å². The van der Waals surface area contributed by atoms with Crippen molar-refractivity contribution in [3.05, 3.63) is 35.4 Å². The van der Waals surface area contributed by atoms with E-state index in [4.69, 9.17) is 4.74 Å². The lowest BCUT2D eigenvalue weighted by atomic mass is 9.74. The van der Waals surface area contributed by atoms with Gasteiger partial charge in [0.05, 0.1) is 18.8 Å². The molecular formula is C17H25NO2. The lowest BCUT2D eigenvalue weighted by Gasteiger charge is -2.39. The lowest BCUT2D eigenvalue weighted by molar-refractivity contribution is -0.0983. The maximum absolute atomic E-state index is 10.5. The average Bonchev–Trinajstić information content (AvgIpc) is 2.44. The minimum Gasteiger partial charge on any atom is -0.390 e. The number of fused-ring (bicyclic) bond motifs is 1. The van der Waals surface area contributed by atoms with E-state index >= 15 is 0 Å². The number of hydrogen-bond donors (Lipinski definition) is 1. The van der Waals surface area contributed by atoms with Crippen LogP contribution >= 0.6 is 0 Å². The van der Waals surface area contributed by atoms with Crippen LogP contribution in [0, 0.1) is 0 Å². The van der Waals surface area contributed by atoms with E-state index in [9.17, 15) is 5.11 Å². The minimum atomic E-state index is -0.352. The van der Waals surface area contributed by atoms with Crippen LogP contribution in [0.5, 0.6) is 0 Å². The molecule has 0 bridgehead atoms. The summed E-state index contributed by atoms with van der Waals surface area (Å²) in [5, 5.41) is 10.5. The summed E-state index contributed by atoms with van der Waals surface area (Å²) < 4.78 is 5.79. The average molecular weight is 275 g/mol. The number of aliphatic hydroxyl groups is 1. The Morgan fingerprint density at radius 2 is 2.15 bits per heavy atom. The molecule has 110 valence electrons. The molecule has 1 aromatic carbocycles. The highest BCUT2D eigenvalue weighted by atomic mass is 16.5. The Hall–Kier alpha value is -0.900. The van der Waals surface area contributed by atoms with Crippen LogP contribution in [-0.2, 0) is 11.2 Å². The SMILES string of the molecule is CC(C)N1CCOC(C(O)CC2Cc3ccccc32)C1. The van der Waals surface area contributed by atoms with Crippen molar-refractivity contribution < 1.29 is 9.84 Å². The Morgan fingerprint density at radius 3 is 2.90 bits per heavy atom. The third-order valence-corrected chi connectivity index (χ3v) is 4.77. The molecule has 3 nitrogen and oxygen atoms in total. The van der Waals surface area contributed by atoms with Crippen molar-refractivity contribution in [2.45, 2.75) is 50.9 Å². The van der Waals surface area contributed by atoms with Crippen LogP contribution in [0.3, 0.4) is 0 Å². The molecule has 0 saturated carbocycles. The van der Waals surface area contributed by atoms with Crippen LogP contribution in [0.4, 0.5) is 0 Å². The van der Waals surface area contributed by atoms with Crippen molar-refractivity contribution >= 4 is 0 Å². The van der Waals surface area contributed by atoms with Gasteiger partial charge in [-0.3, -0.25) is 4.90 Å². The maximum atomic E-state index is 10.5. The van der Waals surface area contributed by atoms with Crippen LogP contribution in [0.25, 0.3) is 0 Å². The van der Waals surface area contributed by atoms with Gasteiger partial charge >= 0.3 is 0 Å². The van der Waals surface area contributed by atoms with Gasteiger partial charge in [0, 0.05) is 19.1 Å². The van der Waals surface area contributed by atoms with Gasteiger partial charge in [0.2, 0.25) is 0 Å². The summed E-state index contributed by atoms with van der Waals surface area (Å²) in [6.45, 7) is 6.98. The quantitative estimate of drug-likeness (QED) is 0.914. The molecule has 0 spiro atoms. The zero-order valence-electron chi connectivity index (χ0n) is 12.5. The van der Waals surface area contributed by atoms with Crippen LogP contribution in [-0.4, -0.2) is 48.0 Å². The van der Waals surface area contributed by atoms with E-state index in [0.717, 1.165) is 32.5 Å². The van der Waals surface area contributed by atoms with Crippen LogP contribution in [0.15, 0.2) is 24.3 Å². The van der Waals surface area contributed by atoms with Gasteiger partial charge in [0.1, 0.15) is 0 Å². The van der Waals surface area contributed by atoms with Gasteiger partial charge in [-0.15, -0.1) is 0 Å². The fourth-order valence-electron chi connectivity index (χ4n) is 3.41. The first-order chi connectivity index (χ1) is 9.65. The summed E-state index contributed by atoms with van der Waals surface area (Å²) in [7, 11) is 0. The summed E-state index contributed by atoms with van der Waals surface area (Å²) in [6.07, 6.45) is 1.55. The molecule has 1 N–H and O–H groups in total. The van der Waals surface area contributed by atoms with Crippen molar-refractivity contribution in [3.8, 4) is 0 Å². The molecule has 1 fully saturated rings. The second kappa shape index (κ2) is 5.84. The zero-order valence-corrected chi connectivity index (χ0v) is 12.5. The molecule has 1 aliphatic heterocycles. The number of benzene rings is 1. The standard InChI is InChI=1S/C17H25NO2/c1-12(2)18-7-8-20-17(11-18)16(19)10-14-9-13-5-3-4-6-15(13)14/h3-6,12,14,16-17,19H,7-11H2,1-2H3. The number of aliphatic hydroxyl groups excluding tert-OH is 1. The molecule has 1 aliphatic carbocycles. The molecule has 1 aromatic rings. The van der Waals surface area contributed by atoms with Gasteiger partial charge in [-0.25, -0.2) is 0 Å². The molecule has 3 atom stereocenters. The smallest absolute Gasteiger partial charge is 0.0961 e. The number of rotatable bonds is 4. The van der Waals surface area contributed by atoms with E-state index in [2.05, 4.69) is 43.0 Å². The summed E-state index contributed by atoms with van der Waals surface area (Å²) in [5.74, 6) is 0.513. The predicted octanol–water partition coefficient (Wildman–Crippen LogP) is 2.19. The summed E-state index contributed by atoms with van der Waals surface area (Å²) in [6, 6.07) is 9.09. The van der Waals surface area contributed by atoms with E-state index < -0.39 is 0 Å². The summed E-state index contributed by atoms with van der Waals surface area (Å²) >= 11 is 0. The number of morpholine rings is 1. The van der Waals surface area contributed by atoms with Crippen molar-refractivity contribution in [1.29, 1.82) is 0 Å². The monoisotopic (exact) mass is 275 g/mol. The van der Waals surface area contributed by atoms with Gasteiger partial charge in [0.15, 0.2) is 0 Å². The fourth-order valence-corrected chi connectivity index (χ4v) is 3.41. The molecule has 1 saturated heterocycles. The minimum absolute atomic E-state index is 0.0288. The lowest BCUT2D eigenvalue weighted by Crippen LogP contribution is -2.50. The Kier molecular flexibility index (Phi) is 4.11. The van der Waals surface area contributed by atoms with Gasteiger partial charge in [0.25, 0.3) is 0 Å². The largest absolute Gasteiger partial charge is 0.390 e. The molecule has 2 aliphatic rings. The van der Waals surface area contributed by atoms with E-state index in [0.29, 0.717) is 12.0 Å². The Bertz CT molecular complexity index is 460. The molecule has 3 heteroatoms. The molecule has 1 heterocycles. The fraction of sp³-hybridized carbons (Fsp3) is 0.647.